The molecule has 0 saturated carbocycles. The standard InChI is InChI=1S/C13H17ClF3N/c1-9(2)18(8-13(15,16)17)12-5-4-11(7-14)6-10(12)3/h4-6,9H,7-8H2,1-3H3. The maximum Gasteiger partial charge on any atom is 0.405 e. The van der Waals surface area contributed by atoms with Crippen LogP contribution < -0.4 is 4.90 Å². The van der Waals surface area contributed by atoms with Crippen LogP contribution in [0.3, 0.4) is 0 Å². The Morgan fingerprint density at radius 1 is 1.28 bits per heavy atom. The van der Waals surface area contributed by atoms with Crippen LogP contribution >= 0.6 is 11.6 Å². The average Bonchev–Trinajstić information content (AvgIpc) is 2.24. The number of hydrogen-bond acceptors (Lipinski definition) is 1. The van der Waals surface area contributed by atoms with Gasteiger partial charge in [-0.1, -0.05) is 12.1 Å². The Labute approximate surface area is 111 Å². The maximum absolute atomic E-state index is 12.6. The fourth-order valence-electron chi connectivity index (χ4n) is 1.86. The topological polar surface area (TPSA) is 3.24 Å². The lowest BCUT2D eigenvalue weighted by atomic mass is 10.1. The number of nitrogens with zero attached hydrogens (tertiary/aromatic N) is 1. The number of anilines is 1. The first kappa shape index (κ1) is 15.2. The van der Waals surface area contributed by atoms with Gasteiger partial charge in [0.15, 0.2) is 0 Å². The molecule has 0 atom stereocenters. The van der Waals surface area contributed by atoms with Crippen molar-refractivity contribution in [2.45, 2.75) is 38.9 Å². The van der Waals surface area contributed by atoms with E-state index in [1.54, 1.807) is 32.9 Å². The summed E-state index contributed by atoms with van der Waals surface area (Å²) >= 11 is 5.71. The molecule has 0 spiro atoms. The highest BCUT2D eigenvalue weighted by molar-refractivity contribution is 6.17. The molecule has 1 aromatic rings. The van der Waals surface area contributed by atoms with Crippen molar-refractivity contribution in [2.75, 3.05) is 11.4 Å². The van der Waals surface area contributed by atoms with Gasteiger partial charge in [0.05, 0.1) is 0 Å². The molecule has 0 aromatic heterocycles. The van der Waals surface area contributed by atoms with Gasteiger partial charge in [-0.3, -0.25) is 0 Å². The molecule has 1 nitrogen and oxygen atoms in total. The molecule has 0 aliphatic rings. The van der Waals surface area contributed by atoms with E-state index in [-0.39, 0.29) is 6.04 Å². The van der Waals surface area contributed by atoms with E-state index in [0.717, 1.165) is 11.1 Å². The van der Waals surface area contributed by atoms with E-state index in [1.807, 2.05) is 6.07 Å². The summed E-state index contributed by atoms with van der Waals surface area (Å²) in [7, 11) is 0. The van der Waals surface area contributed by atoms with Crippen LogP contribution in [0.1, 0.15) is 25.0 Å². The highest BCUT2D eigenvalue weighted by atomic mass is 35.5. The number of hydrogen-bond donors (Lipinski definition) is 0. The number of aryl methyl sites for hydroxylation is 1. The SMILES string of the molecule is Cc1cc(CCl)ccc1N(CC(F)(F)F)C(C)C. The molecule has 18 heavy (non-hydrogen) atoms. The van der Waals surface area contributed by atoms with Gasteiger partial charge in [0.1, 0.15) is 6.54 Å². The van der Waals surface area contributed by atoms with E-state index >= 15 is 0 Å². The molecule has 1 aromatic carbocycles. The lowest BCUT2D eigenvalue weighted by molar-refractivity contribution is -0.120. The predicted octanol–water partition coefficient (Wildman–Crippen LogP) is 4.51. The Balaban J connectivity index is 3.06. The van der Waals surface area contributed by atoms with Gasteiger partial charge in [0.25, 0.3) is 0 Å². The molecule has 0 radical (unpaired) electrons. The normalized spacial score (nSPS) is 12.0. The van der Waals surface area contributed by atoms with Crippen LogP contribution in [0.2, 0.25) is 0 Å². The van der Waals surface area contributed by atoms with Crippen molar-refractivity contribution in [3.8, 4) is 0 Å². The average molecular weight is 280 g/mol. The number of alkyl halides is 4. The van der Waals surface area contributed by atoms with Gasteiger partial charge in [-0.2, -0.15) is 13.2 Å². The van der Waals surface area contributed by atoms with Crippen LogP contribution in [-0.2, 0) is 5.88 Å². The van der Waals surface area contributed by atoms with Crippen LogP contribution in [-0.4, -0.2) is 18.8 Å². The molecule has 0 aliphatic heterocycles. The third-order valence-corrected chi connectivity index (χ3v) is 3.01. The van der Waals surface area contributed by atoms with Gasteiger partial charge in [-0.15, -0.1) is 11.6 Å². The molecule has 0 heterocycles. The third kappa shape index (κ3) is 4.09. The fraction of sp³-hybridized carbons (Fsp3) is 0.538. The molecule has 0 fully saturated rings. The zero-order valence-electron chi connectivity index (χ0n) is 10.7. The first-order valence-corrected chi connectivity index (χ1v) is 6.27. The van der Waals surface area contributed by atoms with E-state index in [2.05, 4.69) is 0 Å². The summed E-state index contributed by atoms with van der Waals surface area (Å²) in [5, 5.41) is 0. The second-order valence-electron chi connectivity index (χ2n) is 4.59. The summed E-state index contributed by atoms with van der Waals surface area (Å²) in [5.74, 6) is 0.363. The van der Waals surface area contributed by atoms with Crippen molar-refractivity contribution in [3.63, 3.8) is 0 Å². The first-order chi connectivity index (χ1) is 8.24. The van der Waals surface area contributed by atoms with Crippen molar-refractivity contribution in [2.24, 2.45) is 0 Å². The van der Waals surface area contributed by atoms with Crippen molar-refractivity contribution < 1.29 is 13.2 Å². The second kappa shape index (κ2) is 5.83. The number of rotatable bonds is 4. The minimum absolute atomic E-state index is 0.216. The highest BCUT2D eigenvalue weighted by Gasteiger charge is 2.32. The third-order valence-electron chi connectivity index (χ3n) is 2.70. The van der Waals surface area contributed by atoms with Crippen LogP contribution in [0.4, 0.5) is 18.9 Å². The zero-order valence-corrected chi connectivity index (χ0v) is 11.4. The van der Waals surface area contributed by atoms with Crippen LogP contribution in [0.15, 0.2) is 18.2 Å². The van der Waals surface area contributed by atoms with Crippen molar-refractivity contribution in [1.82, 2.24) is 0 Å². The Bertz CT molecular complexity index is 402. The number of benzene rings is 1. The Morgan fingerprint density at radius 2 is 1.89 bits per heavy atom. The molecule has 0 amide bonds. The molecule has 5 heteroatoms. The molecule has 102 valence electrons. The quantitative estimate of drug-likeness (QED) is 0.733. The first-order valence-electron chi connectivity index (χ1n) is 5.73. The summed E-state index contributed by atoms with van der Waals surface area (Å²) in [6.45, 7) is 4.37. The van der Waals surface area contributed by atoms with Crippen LogP contribution in [0.5, 0.6) is 0 Å². The van der Waals surface area contributed by atoms with Crippen LogP contribution in [0.25, 0.3) is 0 Å². The van der Waals surface area contributed by atoms with Crippen molar-refractivity contribution in [1.29, 1.82) is 0 Å². The maximum atomic E-state index is 12.6. The Morgan fingerprint density at radius 3 is 2.28 bits per heavy atom. The molecule has 0 unspecified atom stereocenters. The summed E-state index contributed by atoms with van der Waals surface area (Å²) in [6, 6.07) is 5.08. The van der Waals surface area contributed by atoms with Gasteiger partial charge < -0.3 is 4.90 Å². The van der Waals surface area contributed by atoms with Gasteiger partial charge in [0, 0.05) is 17.6 Å². The molecular weight excluding hydrogens is 263 g/mol. The number of halogens is 4. The van der Waals surface area contributed by atoms with Gasteiger partial charge in [0.2, 0.25) is 0 Å². The zero-order chi connectivity index (χ0) is 13.9. The smallest absolute Gasteiger partial charge is 0.360 e. The van der Waals surface area contributed by atoms with E-state index in [4.69, 9.17) is 11.6 Å². The second-order valence-corrected chi connectivity index (χ2v) is 4.86. The van der Waals surface area contributed by atoms with E-state index in [0.29, 0.717) is 11.6 Å². The molecular formula is C13H17ClF3N. The summed E-state index contributed by atoms with van der Waals surface area (Å²) < 4.78 is 37.7. The largest absolute Gasteiger partial charge is 0.405 e. The molecule has 0 N–H and O–H groups in total. The van der Waals surface area contributed by atoms with Gasteiger partial charge in [-0.05, 0) is 38.0 Å². The summed E-state index contributed by atoms with van der Waals surface area (Å²) in [6.07, 6.45) is -4.21. The molecule has 1 rings (SSSR count). The monoisotopic (exact) mass is 279 g/mol. The van der Waals surface area contributed by atoms with Gasteiger partial charge in [-0.25, -0.2) is 0 Å². The Kier molecular flexibility index (Phi) is 4.91. The minimum atomic E-state index is -4.21. The highest BCUT2D eigenvalue weighted by Crippen LogP contribution is 2.27. The summed E-state index contributed by atoms with van der Waals surface area (Å²) in [4.78, 5) is 1.35. The minimum Gasteiger partial charge on any atom is -0.360 e. The van der Waals surface area contributed by atoms with Crippen LogP contribution in [0, 0.1) is 6.92 Å². The van der Waals surface area contributed by atoms with E-state index in [1.165, 1.54) is 4.90 Å². The lowest BCUT2D eigenvalue weighted by Crippen LogP contribution is -2.39. The lowest BCUT2D eigenvalue weighted by Gasteiger charge is -2.31. The molecule has 0 bridgehead atoms. The fourth-order valence-corrected chi connectivity index (χ4v) is 2.03. The van der Waals surface area contributed by atoms with E-state index in [9.17, 15) is 13.2 Å². The predicted molar refractivity (Wildman–Crippen MR) is 69.3 cm³/mol. The van der Waals surface area contributed by atoms with Gasteiger partial charge >= 0.3 is 6.18 Å². The molecule has 0 aliphatic carbocycles. The van der Waals surface area contributed by atoms with E-state index < -0.39 is 12.7 Å². The molecule has 0 saturated heterocycles. The summed E-state index contributed by atoms with van der Waals surface area (Å²) in [5.41, 5.74) is 2.33. The van der Waals surface area contributed by atoms with Crippen molar-refractivity contribution >= 4 is 17.3 Å². The van der Waals surface area contributed by atoms with Crippen molar-refractivity contribution in [3.05, 3.63) is 29.3 Å². The Hall–Kier alpha value is -0.900.